The van der Waals surface area contributed by atoms with E-state index in [-0.39, 0.29) is 11.7 Å². The van der Waals surface area contributed by atoms with Crippen molar-refractivity contribution in [2.45, 2.75) is 11.6 Å². The zero-order valence-corrected chi connectivity index (χ0v) is 17.9. The van der Waals surface area contributed by atoms with E-state index in [1.165, 1.54) is 11.8 Å². The molecule has 1 aromatic heterocycles. The monoisotopic (exact) mass is 438 g/mol. The number of thiocarbonyl (C=S) groups is 1. The molecule has 0 unspecified atom stereocenters. The molecular formula is C21H22N6OS2. The van der Waals surface area contributed by atoms with E-state index in [0.29, 0.717) is 23.2 Å². The molecule has 0 spiro atoms. The average molecular weight is 439 g/mol. The standard InChI is InChI=1S/C21H22N6OS2/c1-2-13-22-20(29)25-24-19(28)15-30-21-26-23-18(14-16-9-5-3-6-10-16)27(21)17-11-7-4-8-12-17/h2-12H,1,13-15H2,(H,24,28)(H2,22,25,29). The van der Waals surface area contributed by atoms with Crippen molar-refractivity contribution in [3.63, 3.8) is 0 Å². The van der Waals surface area contributed by atoms with Crippen LogP contribution in [0, 0.1) is 0 Å². The van der Waals surface area contributed by atoms with E-state index in [1.54, 1.807) is 6.08 Å². The Balaban J connectivity index is 1.69. The van der Waals surface area contributed by atoms with Crippen LogP contribution in [0.1, 0.15) is 11.4 Å². The van der Waals surface area contributed by atoms with E-state index in [1.807, 2.05) is 53.1 Å². The van der Waals surface area contributed by atoms with Gasteiger partial charge in [0.25, 0.3) is 0 Å². The van der Waals surface area contributed by atoms with E-state index in [4.69, 9.17) is 12.2 Å². The van der Waals surface area contributed by atoms with Gasteiger partial charge in [-0.3, -0.25) is 20.2 Å². The fourth-order valence-electron chi connectivity index (χ4n) is 2.62. The Labute approximate surface area is 185 Å². The van der Waals surface area contributed by atoms with Gasteiger partial charge in [0.2, 0.25) is 5.91 Å². The van der Waals surface area contributed by atoms with Crippen LogP contribution in [0.15, 0.2) is 78.5 Å². The Morgan fingerprint density at radius 3 is 2.47 bits per heavy atom. The molecule has 0 saturated carbocycles. The second-order valence-electron chi connectivity index (χ2n) is 6.19. The predicted octanol–water partition coefficient (Wildman–Crippen LogP) is 2.63. The van der Waals surface area contributed by atoms with E-state index in [9.17, 15) is 4.79 Å². The zero-order valence-electron chi connectivity index (χ0n) is 16.2. The van der Waals surface area contributed by atoms with Gasteiger partial charge in [0, 0.05) is 18.7 Å². The topological polar surface area (TPSA) is 83.9 Å². The van der Waals surface area contributed by atoms with Crippen LogP contribution in [0.3, 0.4) is 0 Å². The lowest BCUT2D eigenvalue weighted by Gasteiger charge is -2.11. The molecule has 1 amide bonds. The highest BCUT2D eigenvalue weighted by Crippen LogP contribution is 2.23. The second kappa shape index (κ2) is 11.1. The summed E-state index contributed by atoms with van der Waals surface area (Å²) in [6, 6.07) is 20.0. The Kier molecular flexibility index (Phi) is 7.99. The maximum atomic E-state index is 12.2. The Morgan fingerprint density at radius 2 is 1.77 bits per heavy atom. The molecule has 3 N–H and O–H groups in total. The molecule has 3 aromatic rings. The van der Waals surface area contributed by atoms with Gasteiger partial charge in [-0.1, -0.05) is 66.4 Å². The van der Waals surface area contributed by atoms with E-state index >= 15 is 0 Å². The molecule has 0 aliphatic heterocycles. The molecule has 0 aliphatic carbocycles. The molecule has 0 radical (unpaired) electrons. The lowest BCUT2D eigenvalue weighted by molar-refractivity contribution is -0.119. The molecular weight excluding hydrogens is 416 g/mol. The molecule has 7 nitrogen and oxygen atoms in total. The summed E-state index contributed by atoms with van der Waals surface area (Å²) in [7, 11) is 0. The minimum Gasteiger partial charge on any atom is -0.358 e. The van der Waals surface area contributed by atoms with Crippen LogP contribution in [0.4, 0.5) is 0 Å². The van der Waals surface area contributed by atoms with Crippen molar-refractivity contribution in [1.82, 2.24) is 30.9 Å². The van der Waals surface area contributed by atoms with Gasteiger partial charge in [-0.25, -0.2) is 0 Å². The number of carbonyl (C=O) groups is 1. The number of para-hydroxylation sites is 1. The highest BCUT2D eigenvalue weighted by molar-refractivity contribution is 7.99. The van der Waals surface area contributed by atoms with Gasteiger partial charge >= 0.3 is 0 Å². The van der Waals surface area contributed by atoms with E-state index in [0.717, 1.165) is 17.1 Å². The zero-order chi connectivity index (χ0) is 21.2. The lowest BCUT2D eigenvalue weighted by atomic mass is 10.1. The van der Waals surface area contributed by atoms with Crippen molar-refractivity contribution >= 4 is 35.0 Å². The molecule has 1 heterocycles. The number of thioether (sulfide) groups is 1. The summed E-state index contributed by atoms with van der Waals surface area (Å²) in [5.74, 6) is 0.742. The number of aromatic nitrogens is 3. The van der Waals surface area contributed by atoms with Crippen molar-refractivity contribution in [2.75, 3.05) is 12.3 Å². The maximum Gasteiger partial charge on any atom is 0.248 e. The van der Waals surface area contributed by atoms with Gasteiger partial charge in [0.15, 0.2) is 10.3 Å². The number of nitrogens with zero attached hydrogens (tertiary/aromatic N) is 3. The van der Waals surface area contributed by atoms with Crippen molar-refractivity contribution in [3.05, 3.63) is 84.7 Å². The second-order valence-corrected chi connectivity index (χ2v) is 7.54. The number of amides is 1. The van der Waals surface area contributed by atoms with Crippen molar-refractivity contribution < 1.29 is 4.79 Å². The van der Waals surface area contributed by atoms with Gasteiger partial charge in [-0.05, 0) is 29.9 Å². The van der Waals surface area contributed by atoms with Crippen LogP contribution >= 0.6 is 24.0 Å². The van der Waals surface area contributed by atoms with Crippen molar-refractivity contribution in [3.8, 4) is 5.69 Å². The Morgan fingerprint density at radius 1 is 1.07 bits per heavy atom. The van der Waals surface area contributed by atoms with Crippen molar-refractivity contribution in [1.29, 1.82) is 0 Å². The summed E-state index contributed by atoms with van der Waals surface area (Å²) in [6.07, 6.45) is 2.31. The number of hydrogen-bond acceptors (Lipinski definition) is 5. The summed E-state index contributed by atoms with van der Waals surface area (Å²) in [4.78, 5) is 12.2. The summed E-state index contributed by atoms with van der Waals surface area (Å²) in [5, 5.41) is 12.5. The molecule has 2 aromatic carbocycles. The molecule has 0 fully saturated rings. The number of nitrogens with one attached hydrogen (secondary N) is 3. The van der Waals surface area contributed by atoms with Crippen LogP contribution in [-0.4, -0.2) is 38.1 Å². The molecule has 9 heteroatoms. The molecule has 0 aliphatic rings. The number of hydrazine groups is 1. The highest BCUT2D eigenvalue weighted by atomic mass is 32.2. The third-order valence-electron chi connectivity index (χ3n) is 3.97. The summed E-state index contributed by atoms with van der Waals surface area (Å²) < 4.78 is 1.98. The van der Waals surface area contributed by atoms with E-state index in [2.05, 4.69) is 45.1 Å². The SMILES string of the molecule is C=CCNC(=S)NNC(=O)CSc1nnc(Cc2ccccc2)n1-c1ccccc1. The highest BCUT2D eigenvalue weighted by Gasteiger charge is 2.16. The normalized spacial score (nSPS) is 10.3. The summed E-state index contributed by atoms with van der Waals surface area (Å²) >= 11 is 6.36. The Bertz CT molecular complexity index is 991. The first-order chi connectivity index (χ1) is 14.7. The first kappa shape index (κ1) is 21.5. The fourth-order valence-corrected chi connectivity index (χ4v) is 3.53. The summed E-state index contributed by atoms with van der Waals surface area (Å²) in [6.45, 7) is 4.11. The molecule has 0 atom stereocenters. The molecule has 0 saturated heterocycles. The number of benzene rings is 2. The third-order valence-corrected chi connectivity index (χ3v) is 5.15. The smallest absolute Gasteiger partial charge is 0.248 e. The molecule has 154 valence electrons. The largest absolute Gasteiger partial charge is 0.358 e. The van der Waals surface area contributed by atoms with Crippen LogP contribution < -0.4 is 16.2 Å². The number of hydrogen-bond donors (Lipinski definition) is 3. The maximum absolute atomic E-state index is 12.2. The first-order valence-electron chi connectivity index (χ1n) is 9.27. The molecule has 0 bridgehead atoms. The molecule has 30 heavy (non-hydrogen) atoms. The average Bonchev–Trinajstić information content (AvgIpc) is 3.18. The number of rotatable bonds is 8. The minimum absolute atomic E-state index is 0.160. The van der Waals surface area contributed by atoms with Crippen molar-refractivity contribution in [2.24, 2.45) is 0 Å². The van der Waals surface area contributed by atoms with E-state index < -0.39 is 0 Å². The van der Waals surface area contributed by atoms with Crippen LogP contribution in [-0.2, 0) is 11.2 Å². The van der Waals surface area contributed by atoms with Gasteiger partial charge in [-0.15, -0.1) is 16.8 Å². The van der Waals surface area contributed by atoms with Gasteiger partial charge < -0.3 is 5.32 Å². The van der Waals surface area contributed by atoms with Crippen LogP contribution in [0.25, 0.3) is 5.69 Å². The third kappa shape index (κ3) is 6.16. The molecule has 3 rings (SSSR count). The van der Waals surface area contributed by atoms with Gasteiger partial charge in [0.1, 0.15) is 5.82 Å². The predicted molar refractivity (Wildman–Crippen MR) is 123 cm³/mol. The fraction of sp³-hybridized carbons (Fsp3) is 0.143. The van der Waals surface area contributed by atoms with Gasteiger partial charge in [-0.2, -0.15) is 0 Å². The first-order valence-corrected chi connectivity index (χ1v) is 10.7. The lowest BCUT2D eigenvalue weighted by Crippen LogP contribution is -2.47. The van der Waals surface area contributed by atoms with Crippen LogP contribution in [0.5, 0.6) is 0 Å². The van der Waals surface area contributed by atoms with Gasteiger partial charge in [0.05, 0.1) is 5.75 Å². The number of carbonyl (C=O) groups excluding carboxylic acids is 1. The quantitative estimate of drug-likeness (QED) is 0.216. The Hall–Kier alpha value is -3.17. The van der Waals surface area contributed by atoms with Crippen LogP contribution in [0.2, 0.25) is 0 Å². The summed E-state index contributed by atoms with van der Waals surface area (Å²) in [5.41, 5.74) is 7.31. The minimum atomic E-state index is -0.227.